The topological polar surface area (TPSA) is 38.3 Å². The Morgan fingerprint density at radius 3 is 2.50 bits per heavy atom. The molecule has 0 heterocycles. The zero-order valence-corrected chi connectivity index (χ0v) is 13.5. The van der Waals surface area contributed by atoms with E-state index in [1.54, 1.807) is 25.3 Å². The van der Waals surface area contributed by atoms with Gasteiger partial charge in [-0.05, 0) is 48.2 Å². The maximum atomic E-state index is 12.3. The van der Waals surface area contributed by atoms with Crippen molar-refractivity contribution in [3.8, 4) is 5.75 Å². The minimum Gasteiger partial charge on any atom is -0.497 e. The molecule has 0 aliphatic heterocycles. The molecule has 114 valence electrons. The van der Waals surface area contributed by atoms with Crippen LogP contribution < -0.4 is 10.1 Å². The molecule has 1 fully saturated rings. The molecule has 2 unspecified atom stereocenters. The standard InChI is InChI=1S/C17H15Cl2NO2/c1-22-12-5-2-10(3-6-12)13-9-14(13)17(21)20-11-4-7-15(18)16(19)8-11/h2-8,13-14H,9H2,1H3,(H,20,21). The van der Waals surface area contributed by atoms with Crippen LogP contribution in [0.5, 0.6) is 5.75 Å². The normalized spacial score (nSPS) is 19.6. The lowest BCUT2D eigenvalue weighted by atomic mass is 10.1. The molecule has 2 aromatic rings. The van der Waals surface area contributed by atoms with E-state index in [-0.39, 0.29) is 17.7 Å². The zero-order chi connectivity index (χ0) is 15.7. The first kappa shape index (κ1) is 15.2. The summed E-state index contributed by atoms with van der Waals surface area (Å²) in [5, 5.41) is 3.79. The smallest absolute Gasteiger partial charge is 0.228 e. The number of hydrogen-bond donors (Lipinski definition) is 1. The second-order valence-electron chi connectivity index (χ2n) is 5.34. The molecule has 3 rings (SSSR count). The summed E-state index contributed by atoms with van der Waals surface area (Å²) in [7, 11) is 1.64. The van der Waals surface area contributed by atoms with Gasteiger partial charge in [-0.25, -0.2) is 0 Å². The van der Waals surface area contributed by atoms with Crippen molar-refractivity contribution in [2.24, 2.45) is 5.92 Å². The van der Waals surface area contributed by atoms with Crippen LogP contribution in [0.2, 0.25) is 10.0 Å². The third-order valence-corrected chi connectivity index (χ3v) is 4.60. The molecule has 0 aromatic heterocycles. The van der Waals surface area contributed by atoms with E-state index in [2.05, 4.69) is 5.32 Å². The highest BCUT2D eigenvalue weighted by Gasteiger charge is 2.43. The van der Waals surface area contributed by atoms with Crippen LogP contribution in [0.1, 0.15) is 17.9 Å². The average molecular weight is 336 g/mol. The molecule has 1 aliphatic carbocycles. The van der Waals surface area contributed by atoms with Gasteiger partial charge in [-0.3, -0.25) is 4.79 Å². The van der Waals surface area contributed by atoms with Crippen molar-refractivity contribution in [3.63, 3.8) is 0 Å². The Balaban J connectivity index is 1.63. The number of carbonyl (C=O) groups excluding carboxylic acids is 1. The highest BCUT2D eigenvalue weighted by atomic mass is 35.5. The quantitative estimate of drug-likeness (QED) is 0.875. The van der Waals surface area contributed by atoms with Crippen LogP contribution in [0.3, 0.4) is 0 Å². The van der Waals surface area contributed by atoms with Crippen LogP contribution in [0.4, 0.5) is 5.69 Å². The van der Waals surface area contributed by atoms with E-state index in [0.717, 1.165) is 17.7 Å². The lowest BCUT2D eigenvalue weighted by Crippen LogP contribution is -2.14. The van der Waals surface area contributed by atoms with Gasteiger partial charge in [0.05, 0.1) is 17.2 Å². The minimum atomic E-state index is 0.00264. The molecule has 3 nitrogen and oxygen atoms in total. The van der Waals surface area contributed by atoms with E-state index in [9.17, 15) is 4.79 Å². The van der Waals surface area contributed by atoms with E-state index < -0.39 is 0 Å². The molecule has 1 aliphatic rings. The largest absolute Gasteiger partial charge is 0.497 e. The number of methoxy groups -OCH3 is 1. The van der Waals surface area contributed by atoms with Gasteiger partial charge >= 0.3 is 0 Å². The molecule has 2 atom stereocenters. The van der Waals surface area contributed by atoms with Gasteiger partial charge in [0.15, 0.2) is 0 Å². The van der Waals surface area contributed by atoms with Gasteiger partial charge in [0, 0.05) is 11.6 Å². The Bertz CT molecular complexity index is 700. The molecule has 1 amide bonds. The summed E-state index contributed by atoms with van der Waals surface area (Å²) in [6, 6.07) is 12.9. The number of ether oxygens (including phenoxy) is 1. The van der Waals surface area contributed by atoms with Crippen LogP contribution in [0.15, 0.2) is 42.5 Å². The second-order valence-corrected chi connectivity index (χ2v) is 6.15. The maximum Gasteiger partial charge on any atom is 0.228 e. The van der Waals surface area contributed by atoms with E-state index in [1.165, 1.54) is 0 Å². The second kappa shape index (κ2) is 6.19. The SMILES string of the molecule is COc1ccc(C2CC2C(=O)Nc2ccc(Cl)c(Cl)c2)cc1. The van der Waals surface area contributed by atoms with Gasteiger partial charge in [-0.2, -0.15) is 0 Å². The van der Waals surface area contributed by atoms with Gasteiger partial charge in [0.1, 0.15) is 5.75 Å². The van der Waals surface area contributed by atoms with Crippen molar-refractivity contribution < 1.29 is 9.53 Å². The van der Waals surface area contributed by atoms with Crippen molar-refractivity contribution in [2.45, 2.75) is 12.3 Å². The molecule has 22 heavy (non-hydrogen) atoms. The predicted octanol–water partition coefficient (Wildman–Crippen LogP) is 4.74. The monoisotopic (exact) mass is 335 g/mol. The van der Waals surface area contributed by atoms with Crippen molar-refractivity contribution in [1.82, 2.24) is 0 Å². The molecule has 0 saturated heterocycles. The van der Waals surface area contributed by atoms with E-state index in [1.807, 2.05) is 24.3 Å². The summed E-state index contributed by atoms with van der Waals surface area (Å²) in [5.41, 5.74) is 1.83. The third kappa shape index (κ3) is 3.21. The number of amides is 1. The lowest BCUT2D eigenvalue weighted by Gasteiger charge is -2.06. The first-order chi connectivity index (χ1) is 10.6. The van der Waals surface area contributed by atoms with Crippen LogP contribution in [0.25, 0.3) is 0 Å². The van der Waals surface area contributed by atoms with Crippen molar-refractivity contribution in [3.05, 3.63) is 58.1 Å². The van der Waals surface area contributed by atoms with Crippen LogP contribution in [-0.4, -0.2) is 13.0 Å². The molecule has 1 N–H and O–H groups in total. The number of hydrogen-bond acceptors (Lipinski definition) is 2. The lowest BCUT2D eigenvalue weighted by molar-refractivity contribution is -0.117. The average Bonchev–Trinajstić information content (AvgIpc) is 3.32. The Morgan fingerprint density at radius 1 is 1.14 bits per heavy atom. The fourth-order valence-electron chi connectivity index (χ4n) is 2.51. The first-order valence-electron chi connectivity index (χ1n) is 6.98. The zero-order valence-electron chi connectivity index (χ0n) is 12.0. The summed E-state index contributed by atoms with van der Waals surface area (Å²) in [6.07, 6.45) is 0.861. The predicted molar refractivity (Wildman–Crippen MR) is 88.9 cm³/mol. The summed E-state index contributed by atoms with van der Waals surface area (Å²) in [4.78, 5) is 12.3. The fraction of sp³-hybridized carbons (Fsp3) is 0.235. The highest BCUT2D eigenvalue weighted by Crippen LogP contribution is 2.48. The van der Waals surface area contributed by atoms with Gasteiger partial charge in [-0.15, -0.1) is 0 Å². The molecular formula is C17H15Cl2NO2. The number of benzene rings is 2. The molecule has 0 bridgehead atoms. The van der Waals surface area contributed by atoms with Gasteiger partial charge in [-0.1, -0.05) is 35.3 Å². The van der Waals surface area contributed by atoms with Gasteiger partial charge in [0.2, 0.25) is 5.91 Å². The summed E-state index contributed by atoms with van der Waals surface area (Å²) >= 11 is 11.8. The molecular weight excluding hydrogens is 321 g/mol. The summed E-state index contributed by atoms with van der Waals surface area (Å²) in [6.45, 7) is 0. The van der Waals surface area contributed by atoms with Crippen molar-refractivity contribution in [1.29, 1.82) is 0 Å². The van der Waals surface area contributed by atoms with E-state index >= 15 is 0 Å². The van der Waals surface area contributed by atoms with Crippen molar-refractivity contribution >= 4 is 34.8 Å². The maximum absolute atomic E-state index is 12.3. The number of halogens is 2. The number of carbonyl (C=O) groups is 1. The number of nitrogens with one attached hydrogen (secondary N) is 1. The Morgan fingerprint density at radius 2 is 1.86 bits per heavy atom. The third-order valence-electron chi connectivity index (χ3n) is 3.86. The Hall–Kier alpha value is -1.71. The molecule has 2 aromatic carbocycles. The molecule has 5 heteroatoms. The van der Waals surface area contributed by atoms with Gasteiger partial charge < -0.3 is 10.1 Å². The van der Waals surface area contributed by atoms with Crippen LogP contribution in [0, 0.1) is 5.92 Å². The van der Waals surface area contributed by atoms with E-state index in [4.69, 9.17) is 27.9 Å². The number of rotatable bonds is 4. The van der Waals surface area contributed by atoms with E-state index in [0.29, 0.717) is 15.7 Å². The fourth-order valence-corrected chi connectivity index (χ4v) is 2.81. The molecule has 0 spiro atoms. The van der Waals surface area contributed by atoms with Crippen molar-refractivity contribution in [2.75, 3.05) is 12.4 Å². The summed E-state index contributed by atoms with van der Waals surface area (Å²) < 4.78 is 5.14. The Kier molecular flexibility index (Phi) is 4.27. The Labute approximate surface area is 139 Å². The van der Waals surface area contributed by atoms with Gasteiger partial charge in [0.25, 0.3) is 0 Å². The number of anilines is 1. The first-order valence-corrected chi connectivity index (χ1v) is 7.74. The van der Waals surface area contributed by atoms with Crippen LogP contribution in [-0.2, 0) is 4.79 Å². The minimum absolute atomic E-state index is 0.00264. The molecule has 0 radical (unpaired) electrons. The molecule has 1 saturated carbocycles. The van der Waals surface area contributed by atoms with Crippen LogP contribution >= 0.6 is 23.2 Å². The summed E-state index contributed by atoms with van der Waals surface area (Å²) in [5.74, 6) is 1.11. The highest BCUT2D eigenvalue weighted by molar-refractivity contribution is 6.42.